The van der Waals surface area contributed by atoms with Crippen LogP contribution >= 0.6 is 34.8 Å². The van der Waals surface area contributed by atoms with E-state index in [0.29, 0.717) is 12.3 Å². The average molecular weight is 359 g/mol. The smallest absolute Gasteiger partial charge is 0.253 e. The summed E-state index contributed by atoms with van der Waals surface area (Å²) in [6, 6.07) is 2.27. The molecular weight excluding hydrogens is 345 g/mol. The molecule has 0 bridgehead atoms. The lowest BCUT2D eigenvalue weighted by atomic mass is 10.1. The zero-order valence-electron chi connectivity index (χ0n) is 10.9. The number of hydrogen-bond donors (Lipinski definition) is 1. The number of carbonyl (C=O) groups excluding carboxylic acids is 1. The molecule has 0 saturated carbocycles. The van der Waals surface area contributed by atoms with Gasteiger partial charge in [-0.25, -0.2) is 13.1 Å². The molecule has 0 radical (unpaired) electrons. The van der Waals surface area contributed by atoms with Gasteiger partial charge in [-0.1, -0.05) is 37.0 Å². The zero-order valence-corrected chi connectivity index (χ0v) is 14.0. The number of carbonyl (C=O) groups is 1. The van der Waals surface area contributed by atoms with Crippen molar-refractivity contribution in [2.45, 2.75) is 25.2 Å². The van der Waals surface area contributed by atoms with Crippen LogP contribution in [0.4, 0.5) is 0 Å². The predicted octanol–water partition coefficient (Wildman–Crippen LogP) is 3.70. The molecule has 0 aliphatic heterocycles. The summed E-state index contributed by atoms with van der Waals surface area (Å²) >= 11 is 17.0. The maximum absolute atomic E-state index is 12.1. The van der Waals surface area contributed by atoms with Crippen LogP contribution in [-0.2, 0) is 10.0 Å². The lowest BCUT2D eigenvalue weighted by Crippen LogP contribution is -2.26. The monoisotopic (exact) mass is 357 g/mol. The van der Waals surface area contributed by atoms with Gasteiger partial charge in [0.2, 0.25) is 10.0 Å². The highest BCUT2D eigenvalue weighted by molar-refractivity contribution is 7.89. The maximum atomic E-state index is 12.1. The van der Waals surface area contributed by atoms with Crippen LogP contribution < -0.4 is 4.72 Å². The van der Waals surface area contributed by atoms with Gasteiger partial charge in [0.25, 0.3) is 5.24 Å². The van der Waals surface area contributed by atoms with Crippen molar-refractivity contribution in [3.05, 3.63) is 27.7 Å². The van der Waals surface area contributed by atoms with Gasteiger partial charge in [-0.15, -0.1) is 0 Å². The summed E-state index contributed by atoms with van der Waals surface area (Å²) in [6.07, 6.45) is 0.686. The molecular formula is C12H14Cl3NO3S. The third kappa shape index (κ3) is 4.60. The summed E-state index contributed by atoms with van der Waals surface area (Å²) in [6.45, 7) is 4.24. The largest absolute Gasteiger partial charge is 0.276 e. The second-order valence-corrected chi connectivity index (χ2v) is 7.51. The number of halogens is 3. The van der Waals surface area contributed by atoms with Crippen molar-refractivity contribution in [2.24, 2.45) is 5.92 Å². The topological polar surface area (TPSA) is 63.2 Å². The average Bonchev–Trinajstić information content (AvgIpc) is 2.26. The van der Waals surface area contributed by atoms with Crippen molar-refractivity contribution >= 4 is 50.1 Å². The minimum Gasteiger partial charge on any atom is -0.276 e. The number of hydrogen-bond acceptors (Lipinski definition) is 3. The van der Waals surface area contributed by atoms with E-state index in [1.54, 1.807) is 0 Å². The second kappa shape index (κ2) is 7.09. The summed E-state index contributed by atoms with van der Waals surface area (Å²) in [5.74, 6) is 0.360. The summed E-state index contributed by atoms with van der Waals surface area (Å²) in [4.78, 5) is 11.0. The van der Waals surface area contributed by atoms with E-state index in [1.807, 2.05) is 13.8 Å². The molecule has 112 valence electrons. The standard InChI is InChI=1S/C12H14Cl3NO3S/c1-7(2)3-4-16-20(18,19)11-5-8(12(15)17)9(13)6-10(11)14/h5-7,16H,3-4H2,1-2H3. The molecule has 0 unspecified atom stereocenters. The van der Waals surface area contributed by atoms with Gasteiger partial charge < -0.3 is 0 Å². The third-order valence-corrected chi connectivity index (χ3v) is 4.98. The van der Waals surface area contributed by atoms with Crippen LogP contribution in [0.2, 0.25) is 10.0 Å². The normalized spacial score (nSPS) is 11.9. The summed E-state index contributed by atoms with van der Waals surface area (Å²) < 4.78 is 26.7. The Labute approximate surface area is 133 Å². The van der Waals surface area contributed by atoms with Crippen molar-refractivity contribution in [1.29, 1.82) is 0 Å². The molecule has 1 aromatic rings. The number of sulfonamides is 1. The fourth-order valence-corrected chi connectivity index (χ4v) is 3.55. The third-order valence-electron chi connectivity index (χ3n) is 2.54. The molecule has 0 amide bonds. The van der Waals surface area contributed by atoms with Gasteiger partial charge in [0, 0.05) is 6.54 Å². The number of nitrogens with one attached hydrogen (secondary N) is 1. The minimum absolute atomic E-state index is 0.0103. The zero-order chi connectivity index (χ0) is 15.5. The van der Waals surface area contributed by atoms with E-state index in [4.69, 9.17) is 34.8 Å². The van der Waals surface area contributed by atoms with Crippen LogP contribution in [0, 0.1) is 5.92 Å². The van der Waals surface area contributed by atoms with Gasteiger partial charge in [-0.3, -0.25) is 4.79 Å². The van der Waals surface area contributed by atoms with Crippen LogP contribution in [-0.4, -0.2) is 20.2 Å². The van der Waals surface area contributed by atoms with Gasteiger partial charge in [-0.05, 0) is 36.1 Å². The van der Waals surface area contributed by atoms with E-state index in [1.165, 1.54) is 6.07 Å². The molecule has 1 N–H and O–H groups in total. The first kappa shape index (κ1) is 17.7. The predicted molar refractivity (Wildman–Crippen MR) is 81.3 cm³/mol. The number of rotatable bonds is 6. The molecule has 0 heterocycles. The molecule has 0 aliphatic rings. The molecule has 0 atom stereocenters. The summed E-state index contributed by atoms with van der Waals surface area (Å²) in [5, 5.41) is -0.893. The molecule has 1 aromatic carbocycles. The molecule has 0 fully saturated rings. The first-order valence-corrected chi connectivity index (χ1v) is 8.45. The van der Waals surface area contributed by atoms with E-state index in [2.05, 4.69) is 4.72 Å². The minimum atomic E-state index is -3.81. The Balaban J connectivity index is 3.11. The lowest BCUT2D eigenvalue weighted by molar-refractivity contribution is 0.108. The lowest BCUT2D eigenvalue weighted by Gasteiger charge is -2.11. The fraction of sp³-hybridized carbons (Fsp3) is 0.417. The highest BCUT2D eigenvalue weighted by Crippen LogP contribution is 2.29. The Bertz CT molecular complexity index is 615. The molecule has 0 saturated heterocycles. The van der Waals surface area contributed by atoms with Crippen molar-refractivity contribution in [2.75, 3.05) is 6.54 Å². The van der Waals surface area contributed by atoms with Crippen LogP contribution in [0.25, 0.3) is 0 Å². The van der Waals surface area contributed by atoms with Crippen molar-refractivity contribution in [3.63, 3.8) is 0 Å². The van der Waals surface area contributed by atoms with Crippen LogP contribution in [0.1, 0.15) is 30.6 Å². The Morgan fingerprint density at radius 2 is 1.85 bits per heavy atom. The molecule has 0 aromatic heterocycles. The fourth-order valence-electron chi connectivity index (χ4n) is 1.45. The Morgan fingerprint density at radius 1 is 1.25 bits per heavy atom. The highest BCUT2D eigenvalue weighted by atomic mass is 35.5. The summed E-state index contributed by atoms with van der Waals surface area (Å²) in [5.41, 5.74) is -0.0954. The Morgan fingerprint density at radius 3 is 2.35 bits per heavy atom. The van der Waals surface area contributed by atoms with Crippen molar-refractivity contribution < 1.29 is 13.2 Å². The van der Waals surface area contributed by atoms with E-state index in [-0.39, 0.29) is 27.0 Å². The van der Waals surface area contributed by atoms with Crippen molar-refractivity contribution in [1.82, 2.24) is 4.72 Å². The second-order valence-electron chi connectivity index (χ2n) is 4.62. The van der Waals surface area contributed by atoms with Crippen LogP contribution in [0.15, 0.2) is 17.0 Å². The van der Waals surface area contributed by atoms with Gasteiger partial charge in [0.15, 0.2) is 0 Å². The van der Waals surface area contributed by atoms with E-state index in [0.717, 1.165) is 6.07 Å². The first-order chi connectivity index (χ1) is 9.15. The van der Waals surface area contributed by atoms with Gasteiger partial charge in [-0.2, -0.15) is 0 Å². The molecule has 8 heteroatoms. The van der Waals surface area contributed by atoms with Gasteiger partial charge >= 0.3 is 0 Å². The Kier molecular flexibility index (Phi) is 6.28. The Hall–Kier alpha value is -0.330. The maximum Gasteiger partial charge on any atom is 0.253 e. The quantitative estimate of drug-likeness (QED) is 0.789. The number of benzene rings is 1. The van der Waals surface area contributed by atoms with Gasteiger partial charge in [0.05, 0.1) is 15.6 Å². The SMILES string of the molecule is CC(C)CCNS(=O)(=O)c1cc(C(=O)Cl)c(Cl)cc1Cl. The summed E-state index contributed by atoms with van der Waals surface area (Å²) in [7, 11) is -3.81. The molecule has 20 heavy (non-hydrogen) atoms. The molecule has 0 aliphatic carbocycles. The van der Waals surface area contributed by atoms with Crippen LogP contribution in [0.3, 0.4) is 0 Å². The van der Waals surface area contributed by atoms with E-state index >= 15 is 0 Å². The van der Waals surface area contributed by atoms with E-state index in [9.17, 15) is 13.2 Å². The first-order valence-electron chi connectivity index (χ1n) is 5.83. The van der Waals surface area contributed by atoms with E-state index < -0.39 is 15.3 Å². The van der Waals surface area contributed by atoms with Crippen molar-refractivity contribution in [3.8, 4) is 0 Å². The molecule has 4 nitrogen and oxygen atoms in total. The molecule has 0 spiro atoms. The van der Waals surface area contributed by atoms with Crippen LogP contribution in [0.5, 0.6) is 0 Å². The van der Waals surface area contributed by atoms with Gasteiger partial charge in [0.1, 0.15) is 4.90 Å². The molecule has 1 rings (SSSR count). The highest BCUT2D eigenvalue weighted by Gasteiger charge is 2.21.